The maximum absolute atomic E-state index is 13.6. The summed E-state index contributed by atoms with van der Waals surface area (Å²) in [5.74, 6) is -3.04. The fourth-order valence-corrected chi connectivity index (χ4v) is 8.34. The van der Waals surface area contributed by atoms with Gasteiger partial charge in [0.2, 0.25) is 6.33 Å². The first-order valence-electron chi connectivity index (χ1n) is 16.2. The second-order valence-corrected chi connectivity index (χ2v) is 13.5. The highest BCUT2D eigenvalue weighted by Crippen LogP contribution is 2.61. The number of hydrogen-bond donors (Lipinski definition) is 1. The van der Waals surface area contributed by atoms with E-state index in [0.29, 0.717) is 12.0 Å². The largest absolute Gasteiger partial charge is 0.456 e. The molecule has 0 amide bonds. The van der Waals surface area contributed by atoms with Gasteiger partial charge in [-0.05, 0) is 32.3 Å². The lowest BCUT2D eigenvalue weighted by atomic mass is 9.57. The molecule has 3 aliphatic carbocycles. The third-order valence-electron chi connectivity index (χ3n) is 10.6. The Bertz CT molecular complexity index is 1490. The molecule has 6 rings (SSSR count). The normalized spacial score (nSPS) is 39.8. The highest BCUT2D eigenvalue weighted by molar-refractivity contribution is 5.90. The zero-order valence-electron chi connectivity index (χ0n) is 27.3. The summed E-state index contributed by atoms with van der Waals surface area (Å²) in [6, 6.07) is 0. The Morgan fingerprint density at radius 3 is 2.72 bits per heavy atom. The average Bonchev–Trinajstić information content (AvgIpc) is 3.73. The van der Waals surface area contributed by atoms with Gasteiger partial charge in [-0.1, -0.05) is 50.3 Å². The Kier molecular flexibility index (Phi) is 8.86. The molecule has 11 nitrogen and oxygen atoms in total. The van der Waals surface area contributed by atoms with E-state index < -0.39 is 60.1 Å². The molecular formula is C35H45N2O9+. The number of aliphatic hydroxyl groups is 1. The summed E-state index contributed by atoms with van der Waals surface area (Å²) in [5, 5.41) is 11.9. The number of aryl methyl sites for hydroxylation is 1. The minimum absolute atomic E-state index is 0.0147. The number of imidazole rings is 1. The Morgan fingerprint density at radius 1 is 1.26 bits per heavy atom. The fourth-order valence-electron chi connectivity index (χ4n) is 8.34. The molecule has 248 valence electrons. The number of carbonyl (C=O) groups excluding carboxylic acids is 3. The number of cyclic esters (lactones) is 1. The molecule has 4 bridgehead atoms. The lowest BCUT2D eigenvalue weighted by Gasteiger charge is -2.49. The average molecular weight is 638 g/mol. The predicted molar refractivity (Wildman–Crippen MR) is 163 cm³/mol. The van der Waals surface area contributed by atoms with E-state index in [0.717, 1.165) is 5.57 Å². The van der Waals surface area contributed by atoms with Crippen molar-refractivity contribution in [1.82, 2.24) is 4.57 Å². The summed E-state index contributed by atoms with van der Waals surface area (Å²) in [5.41, 5.74) is 0.470. The number of aromatic nitrogens is 2. The number of esters is 3. The van der Waals surface area contributed by atoms with E-state index in [2.05, 4.69) is 6.08 Å². The standard InChI is InChI=1S/C35H45N2O9/c1-19-15-20(2)35-24(16-26(42-6)34(41)44-30(19)22(4)43-27(38)17-37-14-13-36(5)18-37)11-12-25-28(35)29(39)21(3)31(32(25)46-35)45-33(40)23-9-7-8-10-23/h7-9,11-15,18-19,21-22,24-26,28-32,39H,10,16-17H2,1-6H3/q+1/b20-15+/t19-,21-,22-,24?,25-,26+,28+,29-,30+,31-,32-,35+/m1/s1. The highest BCUT2D eigenvalue weighted by Gasteiger charge is 2.69. The summed E-state index contributed by atoms with van der Waals surface area (Å²) in [6.07, 6.45) is 13.3. The van der Waals surface area contributed by atoms with Gasteiger partial charge in [-0.15, -0.1) is 0 Å². The molecule has 1 saturated carbocycles. The van der Waals surface area contributed by atoms with Gasteiger partial charge in [0.15, 0.2) is 12.6 Å². The van der Waals surface area contributed by atoms with Crippen LogP contribution in [0.4, 0.5) is 0 Å². The van der Waals surface area contributed by atoms with Crippen LogP contribution in [0.25, 0.3) is 0 Å². The molecule has 1 unspecified atom stereocenters. The smallest absolute Gasteiger partial charge is 0.348 e. The molecule has 1 saturated heterocycles. The van der Waals surface area contributed by atoms with E-state index in [4.69, 9.17) is 23.7 Å². The van der Waals surface area contributed by atoms with E-state index in [9.17, 15) is 19.5 Å². The second kappa shape index (κ2) is 12.6. The third-order valence-corrected chi connectivity index (χ3v) is 10.6. The summed E-state index contributed by atoms with van der Waals surface area (Å²) in [4.78, 5) is 39.6. The van der Waals surface area contributed by atoms with Crippen LogP contribution in [-0.4, -0.2) is 76.9 Å². The molecule has 1 N–H and O–H groups in total. The Balaban J connectivity index is 1.31. The molecule has 12 atom stereocenters. The minimum Gasteiger partial charge on any atom is -0.456 e. The molecule has 3 heterocycles. The van der Waals surface area contributed by atoms with Crippen molar-refractivity contribution in [3.05, 3.63) is 66.3 Å². The SMILES string of the molecule is CO[C@H]1CC2C=C[C@H]3[C@H]4O[C@]2(/C(C)=C/[C@@H](C)[C@@H]([C@@H](C)OC(=O)Cn2cc[n+](C)c2)OC1=O)[C@@H]3[C@H](O)[C@@H](C)[C@H]4OC(=O)C1=CC=CC1. The number of rotatable bonds is 7. The molecule has 2 fully saturated rings. The molecule has 2 aliphatic heterocycles. The predicted octanol–water partition coefficient (Wildman–Crippen LogP) is 2.52. The number of methoxy groups -OCH3 is 1. The molecule has 11 heteroatoms. The van der Waals surface area contributed by atoms with Crippen LogP contribution in [0.3, 0.4) is 0 Å². The number of allylic oxidation sites excluding steroid dienone is 3. The molecule has 0 aromatic carbocycles. The van der Waals surface area contributed by atoms with Crippen LogP contribution >= 0.6 is 0 Å². The van der Waals surface area contributed by atoms with Gasteiger partial charge in [-0.2, -0.15) is 0 Å². The second-order valence-electron chi connectivity index (χ2n) is 13.5. The van der Waals surface area contributed by atoms with Gasteiger partial charge in [-0.25, -0.2) is 23.5 Å². The lowest BCUT2D eigenvalue weighted by molar-refractivity contribution is -0.671. The molecule has 0 radical (unpaired) electrons. The van der Waals surface area contributed by atoms with Gasteiger partial charge in [0.1, 0.15) is 42.4 Å². The van der Waals surface area contributed by atoms with Crippen molar-refractivity contribution < 1.29 is 47.7 Å². The van der Waals surface area contributed by atoms with E-state index in [1.54, 1.807) is 30.1 Å². The fraction of sp³-hybridized carbons (Fsp3) is 0.600. The van der Waals surface area contributed by atoms with Crippen molar-refractivity contribution in [3.8, 4) is 0 Å². The van der Waals surface area contributed by atoms with Crippen molar-refractivity contribution in [3.63, 3.8) is 0 Å². The summed E-state index contributed by atoms with van der Waals surface area (Å²) in [6.45, 7) is 7.54. The third kappa shape index (κ3) is 5.56. The number of ether oxygens (including phenoxy) is 5. The van der Waals surface area contributed by atoms with Gasteiger partial charge in [0, 0.05) is 42.3 Å². The van der Waals surface area contributed by atoms with Crippen LogP contribution in [0.2, 0.25) is 0 Å². The highest BCUT2D eigenvalue weighted by atomic mass is 16.6. The van der Waals surface area contributed by atoms with E-state index in [1.807, 2.05) is 62.9 Å². The molecule has 46 heavy (non-hydrogen) atoms. The lowest BCUT2D eigenvalue weighted by Crippen LogP contribution is -2.57. The Labute approximate surface area is 269 Å². The summed E-state index contributed by atoms with van der Waals surface area (Å²) < 4.78 is 34.2. The van der Waals surface area contributed by atoms with Crippen LogP contribution in [0.5, 0.6) is 0 Å². The van der Waals surface area contributed by atoms with E-state index in [-0.39, 0.29) is 42.6 Å². The number of hydrogen-bond acceptors (Lipinski definition) is 9. The molecule has 1 spiro atoms. The number of nitrogens with zero attached hydrogens (tertiary/aromatic N) is 2. The first-order chi connectivity index (χ1) is 21.9. The minimum atomic E-state index is -0.982. The molecule has 1 aromatic heterocycles. The van der Waals surface area contributed by atoms with Crippen LogP contribution in [0.15, 0.2) is 66.3 Å². The molecule has 5 aliphatic rings. The van der Waals surface area contributed by atoms with Crippen LogP contribution in [-0.2, 0) is 51.7 Å². The first-order valence-corrected chi connectivity index (χ1v) is 16.2. The topological polar surface area (TPSA) is 126 Å². The van der Waals surface area contributed by atoms with E-state index >= 15 is 0 Å². The monoisotopic (exact) mass is 637 g/mol. The van der Waals surface area contributed by atoms with Crippen LogP contribution in [0.1, 0.15) is 40.5 Å². The van der Waals surface area contributed by atoms with Gasteiger partial charge >= 0.3 is 17.9 Å². The van der Waals surface area contributed by atoms with Crippen molar-refractivity contribution in [2.45, 2.75) is 89.3 Å². The maximum atomic E-state index is 13.6. The Hall–Kier alpha value is -3.54. The van der Waals surface area contributed by atoms with Crippen LogP contribution < -0.4 is 4.57 Å². The maximum Gasteiger partial charge on any atom is 0.348 e. The van der Waals surface area contributed by atoms with Gasteiger partial charge < -0.3 is 28.8 Å². The molecular weight excluding hydrogens is 592 g/mol. The zero-order valence-corrected chi connectivity index (χ0v) is 27.3. The number of aliphatic hydroxyl groups excluding tert-OH is 1. The number of carbonyl (C=O) groups is 3. The first kappa shape index (κ1) is 32.4. The summed E-state index contributed by atoms with van der Waals surface area (Å²) >= 11 is 0. The van der Waals surface area contributed by atoms with Crippen molar-refractivity contribution in [1.29, 1.82) is 0 Å². The Morgan fingerprint density at radius 2 is 2.04 bits per heavy atom. The quantitative estimate of drug-likeness (QED) is 0.208. The molecule has 1 aromatic rings. The van der Waals surface area contributed by atoms with Gasteiger partial charge in [0.05, 0.1) is 13.2 Å². The van der Waals surface area contributed by atoms with Crippen LogP contribution in [0, 0.1) is 29.6 Å². The van der Waals surface area contributed by atoms with Crippen molar-refractivity contribution >= 4 is 17.9 Å². The van der Waals surface area contributed by atoms with Crippen molar-refractivity contribution in [2.75, 3.05) is 7.11 Å². The summed E-state index contributed by atoms with van der Waals surface area (Å²) in [7, 11) is 3.33. The van der Waals surface area contributed by atoms with Gasteiger partial charge in [-0.3, -0.25) is 0 Å². The van der Waals surface area contributed by atoms with E-state index in [1.165, 1.54) is 7.11 Å². The zero-order chi connectivity index (χ0) is 32.9. The van der Waals surface area contributed by atoms with Gasteiger partial charge in [0.25, 0.3) is 0 Å². The van der Waals surface area contributed by atoms with Crippen molar-refractivity contribution in [2.24, 2.45) is 36.6 Å².